The molecule has 39 heavy (non-hydrogen) atoms. The molecule has 0 unspecified atom stereocenters. The van der Waals surface area contributed by atoms with Crippen molar-refractivity contribution in [3.63, 3.8) is 0 Å². The summed E-state index contributed by atoms with van der Waals surface area (Å²) in [5, 5.41) is 14.5. The third kappa shape index (κ3) is 7.13. The van der Waals surface area contributed by atoms with Gasteiger partial charge in [-0.25, -0.2) is 0 Å². The Morgan fingerprint density at radius 3 is 2.36 bits per heavy atom. The van der Waals surface area contributed by atoms with Gasteiger partial charge in [0.25, 0.3) is 0 Å². The summed E-state index contributed by atoms with van der Waals surface area (Å²) in [6.07, 6.45) is 4.09. The minimum Gasteiger partial charge on any atom is -0.512 e. The van der Waals surface area contributed by atoms with Gasteiger partial charge in [-0.2, -0.15) is 0 Å². The minimum absolute atomic E-state index is 0. The molecule has 4 nitrogen and oxygen atoms in total. The summed E-state index contributed by atoms with van der Waals surface area (Å²) in [7, 11) is -1.41. The maximum absolute atomic E-state index is 10.0. The molecule has 1 N–H and O–H groups in total. The monoisotopic (exact) mass is 715 g/mol. The molecule has 0 atom stereocenters. The van der Waals surface area contributed by atoms with Gasteiger partial charge in [-0.3, -0.25) is 9.78 Å². The van der Waals surface area contributed by atoms with Crippen molar-refractivity contribution < 1.29 is 34.4 Å². The van der Waals surface area contributed by atoms with Gasteiger partial charge in [0, 0.05) is 48.8 Å². The first-order chi connectivity index (χ1) is 17.9. The zero-order valence-electron chi connectivity index (χ0n) is 23.7. The van der Waals surface area contributed by atoms with Crippen LogP contribution < -0.4 is 5.19 Å². The molecule has 0 amide bonds. The van der Waals surface area contributed by atoms with Crippen molar-refractivity contribution in [3.8, 4) is 11.3 Å². The van der Waals surface area contributed by atoms with Gasteiger partial charge in [0.05, 0.1) is 13.8 Å². The van der Waals surface area contributed by atoms with Gasteiger partial charge in [-0.05, 0) is 38.3 Å². The molecule has 5 rings (SSSR count). The first-order valence-electron chi connectivity index (χ1n) is 13.1. The number of carbonyl (C=O) groups is 1. The number of hydrogen-bond acceptors (Lipinski definition) is 4. The predicted octanol–water partition coefficient (Wildman–Crippen LogP) is 8.38. The van der Waals surface area contributed by atoms with E-state index < -0.39 is 8.07 Å². The standard InChI is InChI=1S/C28H28NOSi.C5H8O2.Ir/c1-18(2)14-20-16-21(15-19-8-6-7-9-23(19)20)27-28-25(12-13-29-27)24-11-10-22(31(3,4)5)17-26(24)30-28;1-4(6)3-5(2)7;/h6-13,16-18H,14H2,1-5H3;3,6H,1-2H3;/q-1;;/b;4-3-;. The first-order valence-corrected chi connectivity index (χ1v) is 16.6. The Hall–Kier alpha value is -3.05. The molecule has 1 radical (unpaired) electrons. The van der Waals surface area contributed by atoms with E-state index in [1.807, 2.05) is 6.20 Å². The van der Waals surface area contributed by atoms with Crippen LogP contribution in [0.2, 0.25) is 19.6 Å². The van der Waals surface area contributed by atoms with Gasteiger partial charge in [0.15, 0.2) is 5.78 Å². The van der Waals surface area contributed by atoms with E-state index in [-0.39, 0.29) is 31.6 Å². The van der Waals surface area contributed by atoms with Crippen LogP contribution in [0.1, 0.15) is 33.3 Å². The van der Waals surface area contributed by atoms with E-state index >= 15 is 0 Å². The van der Waals surface area contributed by atoms with Crippen LogP contribution in [-0.4, -0.2) is 23.9 Å². The summed E-state index contributed by atoms with van der Waals surface area (Å²) in [4.78, 5) is 14.8. The van der Waals surface area contributed by atoms with Crippen LogP contribution in [0.25, 0.3) is 44.0 Å². The zero-order chi connectivity index (χ0) is 27.6. The number of allylic oxidation sites excluding steroid dienone is 2. The fraction of sp³-hybridized carbons (Fsp3) is 0.273. The Morgan fingerprint density at radius 1 is 1.03 bits per heavy atom. The zero-order valence-corrected chi connectivity index (χ0v) is 27.1. The van der Waals surface area contributed by atoms with E-state index in [1.54, 1.807) is 0 Å². The molecule has 3 aromatic carbocycles. The number of nitrogens with zero attached hydrogens (tertiary/aromatic N) is 1. The average molecular weight is 715 g/mol. The molecule has 0 aliphatic heterocycles. The summed E-state index contributed by atoms with van der Waals surface area (Å²) in [6, 6.07) is 23.2. The average Bonchev–Trinajstić information content (AvgIpc) is 3.21. The smallest absolute Gasteiger partial charge is 0.155 e. The fourth-order valence-corrected chi connectivity index (χ4v) is 5.84. The maximum Gasteiger partial charge on any atom is 0.155 e. The molecule has 5 aromatic rings. The van der Waals surface area contributed by atoms with Crippen LogP contribution in [0.5, 0.6) is 0 Å². The Kier molecular flexibility index (Phi) is 9.71. The molecule has 0 fully saturated rings. The number of rotatable bonds is 5. The molecular formula is C33H36IrNO3Si-. The summed E-state index contributed by atoms with van der Waals surface area (Å²) < 4.78 is 6.45. The Balaban J connectivity index is 0.000000468. The van der Waals surface area contributed by atoms with Crippen LogP contribution in [0, 0.1) is 12.0 Å². The van der Waals surface area contributed by atoms with Crippen molar-refractivity contribution in [2.24, 2.45) is 5.92 Å². The van der Waals surface area contributed by atoms with E-state index in [4.69, 9.17) is 14.5 Å². The van der Waals surface area contributed by atoms with Crippen molar-refractivity contribution in [3.05, 3.63) is 84.3 Å². The molecule has 205 valence electrons. The van der Waals surface area contributed by atoms with Crippen molar-refractivity contribution in [1.29, 1.82) is 0 Å². The molecule has 0 saturated carbocycles. The van der Waals surface area contributed by atoms with Gasteiger partial charge >= 0.3 is 0 Å². The molecule has 0 aliphatic rings. The van der Waals surface area contributed by atoms with Gasteiger partial charge in [-0.1, -0.05) is 80.0 Å². The van der Waals surface area contributed by atoms with Crippen LogP contribution in [0.3, 0.4) is 0 Å². The summed E-state index contributed by atoms with van der Waals surface area (Å²) in [5.41, 5.74) is 5.03. The number of pyridine rings is 1. The molecule has 6 heteroatoms. The fourth-order valence-electron chi connectivity index (χ4n) is 4.70. The van der Waals surface area contributed by atoms with Crippen LogP contribution in [0.4, 0.5) is 0 Å². The number of aliphatic hydroxyl groups is 1. The molecule has 0 saturated heterocycles. The van der Waals surface area contributed by atoms with E-state index in [0.717, 1.165) is 45.0 Å². The number of benzene rings is 3. The third-order valence-electron chi connectivity index (χ3n) is 6.41. The van der Waals surface area contributed by atoms with E-state index in [1.165, 1.54) is 36.1 Å². The SMILES string of the molecule is CC(=O)/C=C(/C)O.CC(C)Cc1cc(-c2nccc3c2oc2cc([Si](C)(C)C)ccc23)[c-]c2ccccc12.[Ir]. The van der Waals surface area contributed by atoms with Gasteiger partial charge in [-0.15, -0.1) is 29.1 Å². The van der Waals surface area contributed by atoms with Crippen LogP contribution in [0.15, 0.2) is 77.0 Å². The number of fused-ring (bicyclic) bond motifs is 4. The number of ketones is 1. The second-order valence-corrected chi connectivity index (χ2v) is 16.4. The molecule has 2 aromatic heterocycles. The Morgan fingerprint density at radius 2 is 1.74 bits per heavy atom. The number of aliphatic hydroxyl groups excluding tert-OH is 1. The quantitative estimate of drug-likeness (QED) is 0.0861. The number of hydrogen-bond donors (Lipinski definition) is 1. The maximum atomic E-state index is 10.0. The van der Waals surface area contributed by atoms with E-state index in [9.17, 15) is 4.79 Å². The van der Waals surface area contributed by atoms with Crippen LogP contribution in [-0.2, 0) is 31.3 Å². The van der Waals surface area contributed by atoms with Crippen molar-refractivity contribution in [1.82, 2.24) is 4.98 Å². The first kappa shape index (κ1) is 30.5. The summed E-state index contributed by atoms with van der Waals surface area (Å²) in [5.74, 6) is 0.515. The van der Waals surface area contributed by atoms with E-state index in [0.29, 0.717) is 5.92 Å². The Labute approximate surface area is 245 Å². The third-order valence-corrected chi connectivity index (χ3v) is 8.45. The normalized spacial score (nSPS) is 11.9. The van der Waals surface area contributed by atoms with E-state index in [2.05, 4.69) is 94.2 Å². The number of aromatic nitrogens is 1. The molecular weight excluding hydrogens is 679 g/mol. The molecule has 0 aliphatic carbocycles. The summed E-state index contributed by atoms with van der Waals surface area (Å²) in [6.45, 7) is 14.5. The Bertz CT molecular complexity index is 1660. The minimum atomic E-state index is -1.41. The van der Waals surface area contributed by atoms with Crippen molar-refractivity contribution in [2.45, 2.75) is 53.8 Å². The predicted molar refractivity (Wildman–Crippen MR) is 162 cm³/mol. The largest absolute Gasteiger partial charge is 0.512 e. The van der Waals surface area contributed by atoms with Crippen LogP contribution >= 0.6 is 0 Å². The second kappa shape index (κ2) is 12.4. The van der Waals surface area contributed by atoms with Gasteiger partial charge in [0.2, 0.25) is 0 Å². The van der Waals surface area contributed by atoms with Crippen molar-refractivity contribution >= 4 is 51.8 Å². The summed E-state index contributed by atoms with van der Waals surface area (Å²) >= 11 is 0. The molecule has 2 heterocycles. The molecule has 0 bridgehead atoms. The number of carbonyl (C=O) groups excluding carboxylic acids is 1. The second-order valence-electron chi connectivity index (χ2n) is 11.3. The van der Waals surface area contributed by atoms with Gasteiger partial charge < -0.3 is 9.52 Å². The van der Waals surface area contributed by atoms with Crippen molar-refractivity contribution in [2.75, 3.05) is 0 Å². The topological polar surface area (TPSA) is 63.3 Å². The molecule has 0 spiro atoms. The van der Waals surface area contributed by atoms with Gasteiger partial charge in [0.1, 0.15) is 11.2 Å². The number of furan rings is 1.